The summed E-state index contributed by atoms with van der Waals surface area (Å²) < 4.78 is 0. The maximum absolute atomic E-state index is 12.4. The molecule has 3 aliphatic rings. The summed E-state index contributed by atoms with van der Waals surface area (Å²) in [6.07, 6.45) is 1.69. The van der Waals surface area contributed by atoms with Gasteiger partial charge in [-0.2, -0.15) is 10.2 Å². The van der Waals surface area contributed by atoms with Gasteiger partial charge in [0.2, 0.25) is 0 Å². The van der Waals surface area contributed by atoms with Gasteiger partial charge in [0.1, 0.15) is 11.3 Å². The van der Waals surface area contributed by atoms with Crippen molar-refractivity contribution < 1.29 is 4.79 Å². The summed E-state index contributed by atoms with van der Waals surface area (Å²) in [5.41, 5.74) is 1.81. The van der Waals surface area contributed by atoms with E-state index in [0.29, 0.717) is 18.1 Å². The van der Waals surface area contributed by atoms with Gasteiger partial charge >= 0.3 is 0 Å². The number of hydrogen-bond donors (Lipinski definition) is 0. The molecule has 23 heavy (non-hydrogen) atoms. The van der Waals surface area contributed by atoms with E-state index in [1.54, 1.807) is 0 Å². The van der Waals surface area contributed by atoms with Crippen LogP contribution in [0.2, 0.25) is 0 Å². The molecular weight excluding hydrogens is 284 g/mol. The summed E-state index contributed by atoms with van der Waals surface area (Å²) in [6.45, 7) is 0. The van der Waals surface area contributed by atoms with Crippen LogP contribution in [0.4, 0.5) is 0 Å². The van der Waals surface area contributed by atoms with Crippen molar-refractivity contribution in [1.82, 2.24) is 0 Å². The van der Waals surface area contributed by atoms with Gasteiger partial charge < -0.3 is 0 Å². The van der Waals surface area contributed by atoms with Crippen LogP contribution in [0.25, 0.3) is 0 Å². The second kappa shape index (κ2) is 4.60. The summed E-state index contributed by atoms with van der Waals surface area (Å²) >= 11 is 0. The molecule has 0 radical (unpaired) electrons. The Morgan fingerprint density at radius 1 is 0.913 bits per heavy atom. The van der Waals surface area contributed by atoms with Crippen LogP contribution in [0.15, 0.2) is 70.9 Å². The Balaban J connectivity index is 1.74. The lowest BCUT2D eigenvalue weighted by Crippen LogP contribution is -2.42. The second-order valence-corrected chi connectivity index (χ2v) is 7.00. The van der Waals surface area contributed by atoms with Gasteiger partial charge in [-0.15, -0.1) is 0 Å². The highest BCUT2D eigenvalue weighted by Crippen LogP contribution is 2.61. The molecule has 3 heteroatoms. The molecule has 0 saturated heterocycles. The van der Waals surface area contributed by atoms with Crippen LogP contribution in [0.5, 0.6) is 0 Å². The summed E-state index contributed by atoms with van der Waals surface area (Å²) in [5.74, 6) is 1.11. The third-order valence-electron chi connectivity index (χ3n) is 5.98. The summed E-state index contributed by atoms with van der Waals surface area (Å²) in [5, 5.41) is 9.53. The van der Waals surface area contributed by atoms with Crippen molar-refractivity contribution in [3.8, 4) is 0 Å². The normalized spacial score (nSPS) is 33.1. The topological polar surface area (TPSA) is 41.8 Å². The van der Waals surface area contributed by atoms with Crippen molar-refractivity contribution in [3.05, 3.63) is 71.8 Å². The number of carbonyl (C=O) groups is 1. The molecule has 114 valence electrons. The molecule has 2 aromatic carbocycles. The number of fused-ring (bicyclic) bond motifs is 5. The molecule has 2 aromatic rings. The molecule has 0 amide bonds. The summed E-state index contributed by atoms with van der Waals surface area (Å²) in [7, 11) is 0. The lowest BCUT2D eigenvalue weighted by Gasteiger charge is -2.36. The number of carbonyl (C=O) groups excluding carboxylic acids is 1. The number of benzene rings is 2. The van der Waals surface area contributed by atoms with Crippen LogP contribution in [0.1, 0.15) is 24.0 Å². The van der Waals surface area contributed by atoms with Gasteiger partial charge in [-0.25, -0.2) is 0 Å². The zero-order chi connectivity index (χ0) is 15.4. The number of nitrogens with zero attached hydrogens (tertiary/aromatic N) is 2. The minimum absolute atomic E-state index is 0.111. The Labute approximate surface area is 135 Å². The fraction of sp³-hybridized carbons (Fsp3) is 0.350. The van der Waals surface area contributed by atoms with Crippen LogP contribution in [-0.4, -0.2) is 11.8 Å². The van der Waals surface area contributed by atoms with E-state index < -0.39 is 5.54 Å². The van der Waals surface area contributed by atoms with E-state index in [-0.39, 0.29) is 17.9 Å². The monoisotopic (exact) mass is 302 g/mol. The van der Waals surface area contributed by atoms with Gasteiger partial charge in [0, 0.05) is 18.3 Å². The lowest BCUT2D eigenvalue weighted by atomic mass is 9.66. The first kappa shape index (κ1) is 13.2. The predicted octanol–water partition coefficient (Wildman–Crippen LogP) is 3.99. The number of Topliss-reactive ketones (excluding diaryl/α,β-unsaturated/α-hetero) is 1. The largest absolute Gasteiger partial charge is 0.299 e. The molecule has 5 rings (SSSR count). The minimum Gasteiger partial charge on any atom is -0.299 e. The molecular formula is C20H18N2O. The molecule has 3 nitrogen and oxygen atoms in total. The van der Waals surface area contributed by atoms with Gasteiger partial charge in [-0.1, -0.05) is 60.7 Å². The van der Waals surface area contributed by atoms with Crippen LogP contribution in [0.3, 0.4) is 0 Å². The van der Waals surface area contributed by atoms with Crippen molar-refractivity contribution in [2.24, 2.45) is 28.0 Å². The Morgan fingerprint density at radius 2 is 1.52 bits per heavy atom. The first-order valence-electron chi connectivity index (χ1n) is 8.36. The van der Waals surface area contributed by atoms with Gasteiger partial charge in [-0.05, 0) is 23.5 Å². The standard InChI is InChI=1S/C20H18N2O/c23-17-12-13-11-16(17)18-19(13)21-22-20(18,14-7-3-1-4-8-14)15-9-5-2-6-10-15/h1-10,13,16,18-19H,11-12H2/t13-,16+,18+,19-/m1/s1. The van der Waals surface area contributed by atoms with E-state index in [2.05, 4.69) is 48.5 Å². The van der Waals surface area contributed by atoms with E-state index in [1.807, 2.05) is 12.1 Å². The molecule has 1 heterocycles. The number of rotatable bonds is 2. The van der Waals surface area contributed by atoms with E-state index in [0.717, 1.165) is 17.5 Å². The molecule has 2 aliphatic carbocycles. The maximum atomic E-state index is 12.4. The molecule has 1 aliphatic heterocycles. The second-order valence-electron chi connectivity index (χ2n) is 7.00. The van der Waals surface area contributed by atoms with Crippen LogP contribution in [-0.2, 0) is 10.3 Å². The third kappa shape index (κ3) is 1.62. The molecule has 0 spiro atoms. The molecule has 2 saturated carbocycles. The zero-order valence-electron chi connectivity index (χ0n) is 12.8. The lowest BCUT2D eigenvalue weighted by molar-refractivity contribution is -0.124. The Hall–Kier alpha value is -2.29. The van der Waals surface area contributed by atoms with Gasteiger partial charge in [0.05, 0.1) is 6.04 Å². The van der Waals surface area contributed by atoms with Crippen LogP contribution < -0.4 is 0 Å². The maximum Gasteiger partial charge on any atom is 0.137 e. The fourth-order valence-electron chi connectivity index (χ4n) is 5.07. The van der Waals surface area contributed by atoms with E-state index in [4.69, 9.17) is 10.2 Å². The van der Waals surface area contributed by atoms with Crippen molar-refractivity contribution >= 4 is 5.78 Å². The molecule has 0 unspecified atom stereocenters. The minimum atomic E-state index is -0.497. The highest BCUT2D eigenvalue weighted by Gasteiger charge is 2.64. The zero-order valence-corrected chi connectivity index (χ0v) is 12.8. The van der Waals surface area contributed by atoms with Crippen LogP contribution in [0, 0.1) is 17.8 Å². The van der Waals surface area contributed by atoms with Gasteiger partial charge in [-0.3, -0.25) is 4.79 Å². The smallest absolute Gasteiger partial charge is 0.137 e. The summed E-state index contributed by atoms with van der Waals surface area (Å²) in [6, 6.07) is 21.0. The Morgan fingerprint density at radius 3 is 2.13 bits per heavy atom. The van der Waals surface area contributed by atoms with Crippen molar-refractivity contribution in [2.45, 2.75) is 24.4 Å². The van der Waals surface area contributed by atoms with Crippen molar-refractivity contribution in [3.63, 3.8) is 0 Å². The van der Waals surface area contributed by atoms with Crippen LogP contribution >= 0.6 is 0 Å². The van der Waals surface area contributed by atoms with Crippen molar-refractivity contribution in [1.29, 1.82) is 0 Å². The average Bonchev–Trinajstić information content (AvgIpc) is 3.27. The van der Waals surface area contributed by atoms with Gasteiger partial charge in [0.15, 0.2) is 0 Å². The molecule has 0 aromatic heterocycles. The highest BCUT2D eigenvalue weighted by atomic mass is 16.1. The van der Waals surface area contributed by atoms with E-state index in [1.165, 1.54) is 0 Å². The van der Waals surface area contributed by atoms with E-state index in [9.17, 15) is 4.79 Å². The Bertz CT molecular complexity index is 744. The SMILES string of the molecule is O=C1C[C@H]2C[C@@H]1[C@H]1[C@@H]2N=NC1(c1ccccc1)c1ccccc1. The fourth-order valence-corrected chi connectivity index (χ4v) is 5.07. The molecule has 2 bridgehead atoms. The highest BCUT2D eigenvalue weighted by molar-refractivity contribution is 5.85. The number of ketones is 1. The first-order valence-corrected chi connectivity index (χ1v) is 8.36. The Kier molecular flexibility index (Phi) is 2.64. The quantitative estimate of drug-likeness (QED) is 0.827. The number of azo groups is 1. The molecule has 2 fully saturated rings. The summed E-state index contributed by atoms with van der Waals surface area (Å²) in [4.78, 5) is 12.4. The molecule has 4 atom stereocenters. The average molecular weight is 302 g/mol. The van der Waals surface area contributed by atoms with Gasteiger partial charge in [0.25, 0.3) is 0 Å². The predicted molar refractivity (Wildman–Crippen MR) is 87.0 cm³/mol. The third-order valence-corrected chi connectivity index (χ3v) is 5.98. The molecule has 0 N–H and O–H groups in total. The first-order chi connectivity index (χ1) is 11.3. The van der Waals surface area contributed by atoms with Crippen molar-refractivity contribution in [2.75, 3.05) is 0 Å². The number of hydrogen-bond acceptors (Lipinski definition) is 3. The van der Waals surface area contributed by atoms with E-state index >= 15 is 0 Å².